The quantitative estimate of drug-likeness (QED) is 0.550. The van der Waals surface area contributed by atoms with Gasteiger partial charge >= 0.3 is 6.61 Å². The Morgan fingerprint density at radius 3 is 2.62 bits per heavy atom. The second-order valence-corrected chi connectivity index (χ2v) is 6.93. The van der Waals surface area contributed by atoms with Gasteiger partial charge in [-0.1, -0.05) is 35.9 Å². The largest absolute Gasteiger partial charge is 0.434 e. The zero-order valence-electron chi connectivity index (χ0n) is 15.1. The monoisotopic (exact) mass is 419 g/mol. The van der Waals surface area contributed by atoms with Crippen LogP contribution < -0.4 is 4.74 Å². The highest BCUT2D eigenvalue weighted by molar-refractivity contribution is 6.33. The fourth-order valence-corrected chi connectivity index (χ4v) is 3.17. The van der Waals surface area contributed by atoms with Crippen LogP contribution in [0.5, 0.6) is 5.75 Å². The Balaban J connectivity index is 1.57. The second-order valence-electron chi connectivity index (χ2n) is 6.52. The molecule has 1 saturated carbocycles. The summed E-state index contributed by atoms with van der Waals surface area (Å²) in [4.78, 5) is 14.6. The summed E-state index contributed by atoms with van der Waals surface area (Å²) in [7, 11) is 0. The number of rotatable bonds is 7. The summed E-state index contributed by atoms with van der Waals surface area (Å²) in [6.45, 7) is -2.96. The first-order valence-electron chi connectivity index (χ1n) is 8.95. The summed E-state index contributed by atoms with van der Waals surface area (Å²) in [5.41, 5.74) is 0.651. The lowest BCUT2D eigenvalue weighted by Gasteiger charge is -2.22. The molecule has 0 unspecified atom stereocenters. The SMILES string of the molecule is O=C(c1ccccc1OC(F)F)N(Cc1nnc(-c2ccccc2Cl)o1)C1CC1. The van der Waals surface area contributed by atoms with Gasteiger partial charge in [0.25, 0.3) is 5.91 Å². The summed E-state index contributed by atoms with van der Waals surface area (Å²) in [6.07, 6.45) is 1.63. The highest BCUT2D eigenvalue weighted by Gasteiger charge is 2.35. The van der Waals surface area contributed by atoms with E-state index in [1.165, 1.54) is 23.1 Å². The number of hydrogen-bond donors (Lipinski definition) is 0. The molecule has 2 aromatic carbocycles. The summed E-state index contributed by atoms with van der Waals surface area (Å²) in [5.74, 6) is -0.121. The van der Waals surface area contributed by atoms with Crippen LogP contribution in [-0.2, 0) is 6.54 Å². The van der Waals surface area contributed by atoms with Crippen LogP contribution in [0.2, 0.25) is 5.02 Å². The number of benzene rings is 2. The van der Waals surface area contributed by atoms with Crippen LogP contribution in [0.1, 0.15) is 29.1 Å². The molecule has 0 N–H and O–H groups in total. The first-order chi connectivity index (χ1) is 14.0. The number of alkyl halides is 2. The summed E-state index contributed by atoms with van der Waals surface area (Å²) in [5, 5.41) is 8.48. The topological polar surface area (TPSA) is 68.5 Å². The molecule has 1 amide bonds. The minimum Gasteiger partial charge on any atom is -0.434 e. The molecule has 29 heavy (non-hydrogen) atoms. The van der Waals surface area contributed by atoms with Crippen molar-refractivity contribution in [1.29, 1.82) is 0 Å². The Bertz CT molecular complexity index is 1020. The number of amides is 1. The van der Waals surface area contributed by atoms with Gasteiger partial charge in [-0.2, -0.15) is 8.78 Å². The van der Waals surface area contributed by atoms with E-state index >= 15 is 0 Å². The zero-order valence-corrected chi connectivity index (χ0v) is 15.9. The van der Waals surface area contributed by atoms with Gasteiger partial charge in [0, 0.05) is 6.04 Å². The number of ether oxygens (including phenoxy) is 1. The Morgan fingerprint density at radius 2 is 1.90 bits per heavy atom. The molecule has 1 aliphatic rings. The molecule has 4 rings (SSSR count). The van der Waals surface area contributed by atoms with E-state index in [4.69, 9.17) is 16.0 Å². The van der Waals surface area contributed by atoms with Gasteiger partial charge in [-0.25, -0.2) is 0 Å². The smallest absolute Gasteiger partial charge is 0.387 e. The molecule has 0 spiro atoms. The van der Waals surface area contributed by atoms with Crippen molar-refractivity contribution in [1.82, 2.24) is 15.1 Å². The number of para-hydroxylation sites is 1. The molecule has 1 heterocycles. The molecule has 1 aliphatic carbocycles. The summed E-state index contributed by atoms with van der Waals surface area (Å²) < 4.78 is 35.6. The molecule has 3 aromatic rings. The van der Waals surface area contributed by atoms with E-state index in [-0.39, 0.29) is 35.7 Å². The van der Waals surface area contributed by atoms with Gasteiger partial charge in [0.2, 0.25) is 11.8 Å². The maximum atomic E-state index is 13.1. The lowest BCUT2D eigenvalue weighted by Crippen LogP contribution is -2.33. The molecule has 0 radical (unpaired) electrons. The Labute approximate surface area is 170 Å². The van der Waals surface area contributed by atoms with Crippen molar-refractivity contribution in [2.45, 2.75) is 32.0 Å². The number of hydrogen-bond acceptors (Lipinski definition) is 5. The number of halogens is 3. The van der Waals surface area contributed by atoms with Crippen LogP contribution in [0.4, 0.5) is 8.78 Å². The molecule has 0 bridgehead atoms. The summed E-state index contributed by atoms with van der Waals surface area (Å²) in [6, 6.07) is 13.0. The average molecular weight is 420 g/mol. The van der Waals surface area contributed by atoms with Crippen molar-refractivity contribution >= 4 is 17.5 Å². The molecule has 9 heteroatoms. The van der Waals surface area contributed by atoms with Gasteiger partial charge in [0.1, 0.15) is 5.75 Å². The molecular weight excluding hydrogens is 404 g/mol. The van der Waals surface area contributed by atoms with Crippen LogP contribution in [-0.4, -0.2) is 33.7 Å². The minimum absolute atomic E-state index is 0.0160. The highest BCUT2D eigenvalue weighted by Crippen LogP contribution is 2.33. The minimum atomic E-state index is -3.02. The molecule has 0 aliphatic heterocycles. The molecule has 0 atom stereocenters. The van der Waals surface area contributed by atoms with Crippen LogP contribution in [0, 0.1) is 0 Å². The third-order valence-corrected chi connectivity index (χ3v) is 4.79. The van der Waals surface area contributed by atoms with E-state index in [9.17, 15) is 13.6 Å². The Hall–Kier alpha value is -3.00. The maximum absolute atomic E-state index is 13.1. The highest BCUT2D eigenvalue weighted by atomic mass is 35.5. The third-order valence-electron chi connectivity index (χ3n) is 4.46. The third kappa shape index (κ3) is 4.37. The van der Waals surface area contributed by atoms with E-state index in [2.05, 4.69) is 14.9 Å². The van der Waals surface area contributed by atoms with Crippen molar-refractivity contribution < 1.29 is 22.7 Å². The van der Waals surface area contributed by atoms with Crippen molar-refractivity contribution in [3.63, 3.8) is 0 Å². The number of carbonyl (C=O) groups excluding carboxylic acids is 1. The van der Waals surface area contributed by atoms with Gasteiger partial charge in [-0.3, -0.25) is 4.79 Å². The molecule has 1 aromatic heterocycles. The lowest BCUT2D eigenvalue weighted by molar-refractivity contribution is -0.0503. The van der Waals surface area contributed by atoms with Crippen molar-refractivity contribution in [3.8, 4) is 17.2 Å². The van der Waals surface area contributed by atoms with E-state index < -0.39 is 12.5 Å². The van der Waals surface area contributed by atoms with Gasteiger partial charge in [0.05, 0.1) is 22.7 Å². The predicted octanol–water partition coefficient (Wildman–Crippen LogP) is 4.80. The van der Waals surface area contributed by atoms with Gasteiger partial charge in [0.15, 0.2) is 0 Å². The molecule has 6 nitrogen and oxygen atoms in total. The van der Waals surface area contributed by atoms with Crippen LogP contribution >= 0.6 is 11.6 Å². The lowest BCUT2D eigenvalue weighted by atomic mass is 10.1. The van der Waals surface area contributed by atoms with Gasteiger partial charge in [-0.05, 0) is 37.1 Å². The van der Waals surface area contributed by atoms with Gasteiger partial charge < -0.3 is 14.1 Å². The number of carbonyl (C=O) groups is 1. The van der Waals surface area contributed by atoms with Crippen LogP contribution in [0.3, 0.4) is 0 Å². The first-order valence-corrected chi connectivity index (χ1v) is 9.33. The normalized spacial score (nSPS) is 13.5. The van der Waals surface area contributed by atoms with E-state index in [0.717, 1.165) is 12.8 Å². The number of nitrogens with zero attached hydrogens (tertiary/aromatic N) is 3. The first kappa shape index (κ1) is 19.3. The fourth-order valence-electron chi connectivity index (χ4n) is 2.96. The van der Waals surface area contributed by atoms with E-state index in [0.29, 0.717) is 10.6 Å². The summed E-state index contributed by atoms with van der Waals surface area (Å²) >= 11 is 6.16. The standard InChI is InChI=1S/C20H16ClF2N3O3/c21-15-7-3-1-5-13(15)18-25-24-17(29-18)11-26(12-9-10-12)19(27)14-6-2-4-8-16(14)28-20(22)23/h1-8,12,20H,9-11H2. The van der Waals surface area contributed by atoms with E-state index in [1.54, 1.807) is 30.3 Å². The Morgan fingerprint density at radius 1 is 1.17 bits per heavy atom. The molecular formula is C20H16ClF2N3O3. The van der Waals surface area contributed by atoms with E-state index in [1.807, 2.05) is 0 Å². The number of aromatic nitrogens is 2. The fraction of sp³-hybridized carbons (Fsp3) is 0.250. The van der Waals surface area contributed by atoms with Crippen molar-refractivity contribution in [3.05, 3.63) is 65.0 Å². The average Bonchev–Trinajstić information content (AvgIpc) is 3.44. The molecule has 1 fully saturated rings. The van der Waals surface area contributed by atoms with Crippen LogP contribution in [0.25, 0.3) is 11.5 Å². The van der Waals surface area contributed by atoms with Crippen LogP contribution in [0.15, 0.2) is 52.9 Å². The Kier molecular flexibility index (Phi) is 5.44. The maximum Gasteiger partial charge on any atom is 0.387 e. The van der Waals surface area contributed by atoms with Crippen molar-refractivity contribution in [2.24, 2.45) is 0 Å². The van der Waals surface area contributed by atoms with Crippen molar-refractivity contribution in [2.75, 3.05) is 0 Å². The molecule has 0 saturated heterocycles. The zero-order chi connectivity index (χ0) is 20.4. The second kappa shape index (κ2) is 8.16. The molecule has 150 valence electrons. The van der Waals surface area contributed by atoms with Gasteiger partial charge in [-0.15, -0.1) is 10.2 Å². The predicted molar refractivity (Wildman–Crippen MR) is 101 cm³/mol.